The molecule has 0 atom stereocenters. The number of hydrogen-bond donors (Lipinski definition) is 1. The van der Waals surface area contributed by atoms with E-state index in [0.717, 1.165) is 34.6 Å². The molecule has 2 aromatic rings. The zero-order valence-corrected chi connectivity index (χ0v) is 13.3. The van der Waals surface area contributed by atoms with Crippen molar-refractivity contribution in [1.29, 1.82) is 0 Å². The van der Waals surface area contributed by atoms with E-state index in [-0.39, 0.29) is 5.54 Å². The molecule has 1 saturated carbocycles. The Morgan fingerprint density at radius 3 is 2.75 bits per heavy atom. The van der Waals surface area contributed by atoms with Crippen LogP contribution in [0.25, 0.3) is 5.69 Å². The molecular formula is C13H17BrN6. The first-order valence-electron chi connectivity index (χ1n) is 6.66. The van der Waals surface area contributed by atoms with Crippen LogP contribution in [0, 0.1) is 0 Å². The van der Waals surface area contributed by atoms with Gasteiger partial charge < -0.3 is 5.32 Å². The molecule has 0 spiro atoms. The van der Waals surface area contributed by atoms with E-state index < -0.39 is 0 Å². The average Bonchev–Trinajstić information content (AvgIpc) is 3.08. The van der Waals surface area contributed by atoms with Crippen LogP contribution in [0.4, 0.5) is 5.82 Å². The molecule has 0 aliphatic heterocycles. The van der Waals surface area contributed by atoms with Crippen LogP contribution in [0.3, 0.4) is 0 Å². The lowest BCUT2D eigenvalue weighted by atomic mass is 10.1. The van der Waals surface area contributed by atoms with Crippen LogP contribution in [0.1, 0.15) is 45.4 Å². The van der Waals surface area contributed by atoms with E-state index in [1.807, 2.05) is 6.07 Å². The number of nitrogens with zero attached hydrogens (tertiary/aromatic N) is 5. The fourth-order valence-electron chi connectivity index (χ4n) is 2.00. The fourth-order valence-corrected chi connectivity index (χ4v) is 2.32. The number of tetrazole rings is 1. The second-order valence-electron chi connectivity index (χ2n) is 6.12. The summed E-state index contributed by atoms with van der Waals surface area (Å²) in [7, 11) is 0. The van der Waals surface area contributed by atoms with Gasteiger partial charge in [0.05, 0.1) is 0 Å². The minimum Gasteiger partial charge on any atom is -0.364 e. The molecule has 1 aliphatic rings. The molecule has 0 saturated heterocycles. The van der Waals surface area contributed by atoms with Gasteiger partial charge in [0, 0.05) is 22.1 Å². The Morgan fingerprint density at radius 1 is 1.35 bits per heavy atom. The van der Waals surface area contributed by atoms with Gasteiger partial charge in [-0.05, 0) is 66.0 Å². The number of anilines is 1. The third kappa shape index (κ3) is 2.82. The van der Waals surface area contributed by atoms with E-state index in [2.05, 4.69) is 62.5 Å². The summed E-state index contributed by atoms with van der Waals surface area (Å²) in [4.78, 5) is 4.47. The molecule has 0 radical (unpaired) electrons. The predicted molar refractivity (Wildman–Crippen MR) is 80.0 cm³/mol. The van der Waals surface area contributed by atoms with Gasteiger partial charge in [-0.3, -0.25) is 0 Å². The van der Waals surface area contributed by atoms with Gasteiger partial charge in [0.1, 0.15) is 5.69 Å². The van der Waals surface area contributed by atoms with E-state index in [9.17, 15) is 0 Å². The van der Waals surface area contributed by atoms with E-state index in [1.165, 1.54) is 0 Å². The van der Waals surface area contributed by atoms with Gasteiger partial charge in [0.2, 0.25) is 0 Å². The molecule has 1 aliphatic carbocycles. The minimum atomic E-state index is -0.0800. The van der Waals surface area contributed by atoms with Crippen molar-refractivity contribution < 1.29 is 0 Å². The normalized spacial score (nSPS) is 15.4. The summed E-state index contributed by atoms with van der Waals surface area (Å²) in [6.07, 6.45) is 4.09. The lowest BCUT2D eigenvalue weighted by molar-refractivity contribution is 0.627. The summed E-state index contributed by atoms with van der Waals surface area (Å²) in [5.74, 6) is 2.18. The average molecular weight is 337 g/mol. The van der Waals surface area contributed by atoms with Crippen LogP contribution in [0.2, 0.25) is 0 Å². The molecule has 6 nitrogen and oxygen atoms in total. The Kier molecular flexibility index (Phi) is 3.24. The Hall–Kier alpha value is -1.50. The maximum absolute atomic E-state index is 4.47. The Balaban J connectivity index is 2.06. The first-order valence-corrected chi connectivity index (χ1v) is 7.46. The monoisotopic (exact) mass is 336 g/mol. The van der Waals surface area contributed by atoms with Crippen molar-refractivity contribution in [3.8, 4) is 5.69 Å². The molecular weight excluding hydrogens is 320 g/mol. The molecule has 0 aromatic carbocycles. The standard InChI is InChI=1S/C13H17BrN6/c1-13(2,3)16-11-10(6-9(14)7-15-11)20-12(8-4-5-8)17-18-19-20/h6-8H,4-5H2,1-3H3,(H,15,16). The van der Waals surface area contributed by atoms with Crippen molar-refractivity contribution >= 4 is 21.7 Å². The number of aromatic nitrogens is 5. The number of hydrogen-bond acceptors (Lipinski definition) is 5. The number of pyridine rings is 1. The molecule has 2 heterocycles. The second-order valence-corrected chi connectivity index (χ2v) is 7.04. The zero-order chi connectivity index (χ0) is 14.3. The molecule has 0 unspecified atom stereocenters. The van der Waals surface area contributed by atoms with Gasteiger partial charge in [-0.25, -0.2) is 4.98 Å². The number of rotatable bonds is 3. The minimum absolute atomic E-state index is 0.0800. The van der Waals surface area contributed by atoms with Crippen molar-refractivity contribution in [2.24, 2.45) is 0 Å². The summed E-state index contributed by atoms with van der Waals surface area (Å²) in [5, 5.41) is 15.5. The number of halogens is 1. The first-order chi connectivity index (χ1) is 9.44. The van der Waals surface area contributed by atoms with Crippen LogP contribution in [0.15, 0.2) is 16.7 Å². The van der Waals surface area contributed by atoms with Gasteiger partial charge in [0.25, 0.3) is 0 Å². The summed E-state index contributed by atoms with van der Waals surface area (Å²) < 4.78 is 2.70. The predicted octanol–water partition coefficient (Wildman–Crippen LogP) is 2.91. The van der Waals surface area contributed by atoms with Gasteiger partial charge in [-0.2, -0.15) is 4.68 Å². The summed E-state index contributed by atoms with van der Waals surface area (Å²) in [6, 6.07) is 1.99. The summed E-state index contributed by atoms with van der Waals surface area (Å²) >= 11 is 3.47. The Morgan fingerprint density at radius 2 is 2.10 bits per heavy atom. The van der Waals surface area contributed by atoms with Crippen LogP contribution in [-0.2, 0) is 0 Å². The highest BCUT2D eigenvalue weighted by Gasteiger charge is 2.31. The van der Waals surface area contributed by atoms with Gasteiger partial charge >= 0.3 is 0 Å². The van der Waals surface area contributed by atoms with Crippen LogP contribution < -0.4 is 5.32 Å². The SMILES string of the molecule is CC(C)(C)Nc1ncc(Br)cc1-n1nnnc1C1CC1. The molecule has 3 rings (SSSR count). The maximum atomic E-state index is 4.47. The topological polar surface area (TPSA) is 68.5 Å². The highest BCUT2D eigenvalue weighted by Crippen LogP contribution is 2.39. The molecule has 7 heteroatoms. The van der Waals surface area contributed by atoms with Gasteiger partial charge in [-0.1, -0.05) is 0 Å². The Labute approximate surface area is 126 Å². The first kappa shape index (κ1) is 13.5. The van der Waals surface area contributed by atoms with Crippen molar-refractivity contribution in [3.63, 3.8) is 0 Å². The van der Waals surface area contributed by atoms with E-state index in [4.69, 9.17) is 0 Å². The highest BCUT2D eigenvalue weighted by molar-refractivity contribution is 9.10. The molecule has 20 heavy (non-hydrogen) atoms. The van der Waals surface area contributed by atoms with Crippen molar-refractivity contribution in [1.82, 2.24) is 25.2 Å². The largest absolute Gasteiger partial charge is 0.364 e. The third-order valence-electron chi connectivity index (χ3n) is 2.99. The van der Waals surface area contributed by atoms with E-state index in [1.54, 1.807) is 10.9 Å². The Bertz CT molecular complexity index is 626. The molecule has 106 valence electrons. The van der Waals surface area contributed by atoms with Gasteiger partial charge in [-0.15, -0.1) is 5.10 Å². The van der Waals surface area contributed by atoms with Gasteiger partial charge in [0.15, 0.2) is 11.6 Å². The third-order valence-corrected chi connectivity index (χ3v) is 3.43. The lowest BCUT2D eigenvalue weighted by Gasteiger charge is -2.23. The quantitative estimate of drug-likeness (QED) is 0.933. The number of nitrogens with one attached hydrogen (secondary N) is 1. The lowest BCUT2D eigenvalue weighted by Crippen LogP contribution is -2.27. The maximum Gasteiger partial charge on any atom is 0.159 e. The van der Waals surface area contributed by atoms with E-state index in [0.29, 0.717) is 5.92 Å². The van der Waals surface area contributed by atoms with Crippen molar-refractivity contribution in [2.45, 2.75) is 45.1 Å². The summed E-state index contributed by atoms with van der Waals surface area (Å²) in [6.45, 7) is 6.30. The molecule has 1 fully saturated rings. The smallest absolute Gasteiger partial charge is 0.159 e. The fraction of sp³-hybridized carbons (Fsp3) is 0.538. The molecule has 0 bridgehead atoms. The summed E-state index contributed by atoms with van der Waals surface area (Å²) in [5.41, 5.74) is 0.796. The molecule has 1 N–H and O–H groups in total. The van der Waals surface area contributed by atoms with Crippen molar-refractivity contribution in [2.75, 3.05) is 5.32 Å². The zero-order valence-electron chi connectivity index (χ0n) is 11.8. The van der Waals surface area contributed by atoms with Crippen molar-refractivity contribution in [3.05, 3.63) is 22.6 Å². The molecule has 2 aromatic heterocycles. The second kappa shape index (κ2) is 4.80. The molecule has 0 amide bonds. The van der Waals surface area contributed by atoms with Crippen LogP contribution in [-0.4, -0.2) is 30.7 Å². The highest BCUT2D eigenvalue weighted by atomic mass is 79.9. The van der Waals surface area contributed by atoms with E-state index >= 15 is 0 Å². The van der Waals surface area contributed by atoms with Crippen LogP contribution >= 0.6 is 15.9 Å². The van der Waals surface area contributed by atoms with Crippen LogP contribution in [0.5, 0.6) is 0 Å².